The number of rotatable bonds is 6. The molecule has 0 unspecified atom stereocenters. The molecule has 116 valence electrons. The summed E-state index contributed by atoms with van der Waals surface area (Å²) in [4.78, 5) is 12.0. The first-order valence-electron chi connectivity index (χ1n) is 7.46. The van der Waals surface area contributed by atoms with Crippen LogP contribution >= 0.6 is 0 Å². The van der Waals surface area contributed by atoms with Crippen molar-refractivity contribution < 1.29 is 18.7 Å². The van der Waals surface area contributed by atoms with Crippen LogP contribution in [0, 0.1) is 0 Å². The number of nitrogens with one attached hydrogen (secondary N) is 1. The number of benzene rings is 1. The topological polar surface area (TPSA) is 60.7 Å². The Labute approximate surface area is 129 Å². The first kappa shape index (κ1) is 14.7. The van der Waals surface area contributed by atoms with Gasteiger partial charge in [0.05, 0.1) is 18.9 Å². The Morgan fingerprint density at radius 2 is 2.14 bits per heavy atom. The minimum atomic E-state index is -0.137. The van der Waals surface area contributed by atoms with Crippen LogP contribution in [0.15, 0.2) is 47.1 Å². The Balaban J connectivity index is 1.48. The number of furan rings is 1. The zero-order chi connectivity index (χ0) is 15.2. The van der Waals surface area contributed by atoms with Gasteiger partial charge in [-0.05, 0) is 49.2 Å². The van der Waals surface area contributed by atoms with Crippen molar-refractivity contribution in [2.45, 2.75) is 25.5 Å². The predicted molar refractivity (Wildman–Crippen MR) is 80.8 cm³/mol. The summed E-state index contributed by atoms with van der Waals surface area (Å²) >= 11 is 0. The molecule has 3 rings (SSSR count). The van der Waals surface area contributed by atoms with Crippen LogP contribution in [0.4, 0.5) is 0 Å². The lowest BCUT2D eigenvalue weighted by Gasteiger charge is -2.11. The number of hydrogen-bond acceptors (Lipinski definition) is 4. The summed E-state index contributed by atoms with van der Waals surface area (Å²) in [7, 11) is 0. The van der Waals surface area contributed by atoms with Crippen LogP contribution < -0.4 is 10.1 Å². The zero-order valence-electron chi connectivity index (χ0n) is 12.3. The highest BCUT2D eigenvalue weighted by atomic mass is 16.5. The van der Waals surface area contributed by atoms with Crippen molar-refractivity contribution >= 4 is 5.91 Å². The first-order valence-corrected chi connectivity index (χ1v) is 7.46. The maximum absolute atomic E-state index is 12.0. The van der Waals surface area contributed by atoms with Gasteiger partial charge in [0.25, 0.3) is 5.91 Å². The van der Waals surface area contributed by atoms with Gasteiger partial charge in [-0.25, -0.2) is 0 Å². The van der Waals surface area contributed by atoms with Crippen LogP contribution in [0.25, 0.3) is 0 Å². The summed E-state index contributed by atoms with van der Waals surface area (Å²) < 4.78 is 16.4. The normalized spacial score (nSPS) is 17.4. The summed E-state index contributed by atoms with van der Waals surface area (Å²) in [6.45, 7) is 1.76. The average molecular weight is 301 g/mol. The van der Waals surface area contributed by atoms with Gasteiger partial charge in [0.2, 0.25) is 0 Å². The van der Waals surface area contributed by atoms with E-state index in [0.29, 0.717) is 18.7 Å². The molecule has 0 aliphatic carbocycles. The van der Waals surface area contributed by atoms with Crippen molar-refractivity contribution in [1.29, 1.82) is 0 Å². The fourth-order valence-corrected chi connectivity index (χ4v) is 2.35. The van der Waals surface area contributed by atoms with Gasteiger partial charge in [-0.15, -0.1) is 0 Å². The molecule has 2 aromatic rings. The predicted octanol–water partition coefficient (Wildman–Crippen LogP) is 2.77. The van der Waals surface area contributed by atoms with E-state index in [2.05, 4.69) is 5.32 Å². The van der Waals surface area contributed by atoms with E-state index in [9.17, 15) is 4.79 Å². The maximum atomic E-state index is 12.0. The zero-order valence-corrected chi connectivity index (χ0v) is 12.3. The number of ether oxygens (including phenoxy) is 2. The van der Waals surface area contributed by atoms with E-state index in [1.165, 1.54) is 0 Å². The molecular weight excluding hydrogens is 282 g/mol. The van der Waals surface area contributed by atoms with Gasteiger partial charge in [-0.3, -0.25) is 4.79 Å². The number of carbonyl (C=O) groups excluding carboxylic acids is 1. The number of carbonyl (C=O) groups is 1. The molecule has 1 amide bonds. The molecule has 0 spiro atoms. The van der Waals surface area contributed by atoms with E-state index < -0.39 is 0 Å². The largest absolute Gasteiger partial charge is 0.491 e. The Morgan fingerprint density at radius 1 is 1.27 bits per heavy atom. The third-order valence-corrected chi connectivity index (χ3v) is 3.58. The second-order valence-electron chi connectivity index (χ2n) is 5.23. The van der Waals surface area contributed by atoms with Gasteiger partial charge in [-0.2, -0.15) is 0 Å². The van der Waals surface area contributed by atoms with Gasteiger partial charge < -0.3 is 19.2 Å². The van der Waals surface area contributed by atoms with Gasteiger partial charge in [0.1, 0.15) is 18.1 Å². The fourth-order valence-electron chi connectivity index (χ4n) is 2.35. The monoisotopic (exact) mass is 301 g/mol. The summed E-state index contributed by atoms with van der Waals surface area (Å²) in [6.07, 6.45) is 3.92. The Bertz CT molecular complexity index is 586. The van der Waals surface area contributed by atoms with Gasteiger partial charge in [0, 0.05) is 12.2 Å². The van der Waals surface area contributed by atoms with E-state index in [1.54, 1.807) is 36.6 Å². The molecule has 1 atom stereocenters. The summed E-state index contributed by atoms with van der Waals surface area (Å²) in [5, 5.41) is 2.80. The molecule has 2 heterocycles. The van der Waals surface area contributed by atoms with Gasteiger partial charge >= 0.3 is 0 Å². The SMILES string of the molecule is O=C(NCc1ccco1)c1ccc(OC[C@@H]2CCCO2)cc1. The van der Waals surface area contributed by atoms with Crippen molar-refractivity contribution in [1.82, 2.24) is 5.32 Å². The minimum absolute atomic E-state index is 0.137. The highest BCUT2D eigenvalue weighted by Gasteiger charge is 2.16. The highest BCUT2D eigenvalue weighted by molar-refractivity contribution is 5.94. The summed E-state index contributed by atoms with van der Waals surface area (Å²) in [6, 6.07) is 10.7. The van der Waals surface area contributed by atoms with Crippen LogP contribution in [0.2, 0.25) is 0 Å². The smallest absolute Gasteiger partial charge is 0.251 e. The molecule has 1 aromatic heterocycles. The molecule has 0 radical (unpaired) electrons. The average Bonchev–Trinajstić information content (AvgIpc) is 3.24. The second-order valence-corrected chi connectivity index (χ2v) is 5.23. The molecule has 22 heavy (non-hydrogen) atoms. The van der Waals surface area contributed by atoms with Crippen LogP contribution in [-0.4, -0.2) is 25.2 Å². The first-order chi connectivity index (χ1) is 10.8. The number of amides is 1. The van der Waals surface area contributed by atoms with E-state index in [0.717, 1.165) is 31.0 Å². The molecule has 0 bridgehead atoms. The fraction of sp³-hybridized carbons (Fsp3) is 0.353. The van der Waals surface area contributed by atoms with E-state index >= 15 is 0 Å². The Kier molecular flexibility index (Phi) is 4.75. The van der Waals surface area contributed by atoms with Crippen molar-refractivity contribution in [2.75, 3.05) is 13.2 Å². The van der Waals surface area contributed by atoms with Crippen molar-refractivity contribution in [3.8, 4) is 5.75 Å². The van der Waals surface area contributed by atoms with Crippen molar-refractivity contribution in [3.05, 3.63) is 54.0 Å². The van der Waals surface area contributed by atoms with Gasteiger partial charge in [0.15, 0.2) is 0 Å². The standard InChI is InChI=1S/C17H19NO4/c19-17(18-11-15-3-1-9-20-15)13-5-7-14(8-6-13)22-12-16-4-2-10-21-16/h1,3,5-9,16H,2,4,10-12H2,(H,18,19)/t16-/m0/s1. The van der Waals surface area contributed by atoms with Gasteiger partial charge in [-0.1, -0.05) is 0 Å². The summed E-state index contributed by atoms with van der Waals surface area (Å²) in [5.41, 5.74) is 0.594. The molecule has 1 N–H and O–H groups in total. The molecule has 1 saturated heterocycles. The summed E-state index contributed by atoms with van der Waals surface area (Å²) in [5.74, 6) is 1.34. The molecule has 1 aliphatic rings. The maximum Gasteiger partial charge on any atom is 0.251 e. The molecule has 1 aliphatic heterocycles. The van der Waals surface area contributed by atoms with Crippen LogP contribution in [0.3, 0.4) is 0 Å². The van der Waals surface area contributed by atoms with Crippen molar-refractivity contribution in [2.24, 2.45) is 0 Å². The molecule has 1 aromatic carbocycles. The lowest BCUT2D eigenvalue weighted by Crippen LogP contribution is -2.22. The highest BCUT2D eigenvalue weighted by Crippen LogP contribution is 2.16. The van der Waals surface area contributed by atoms with Crippen LogP contribution in [0.1, 0.15) is 29.0 Å². The molecular formula is C17H19NO4. The molecule has 1 fully saturated rings. The third-order valence-electron chi connectivity index (χ3n) is 3.58. The molecule has 5 nitrogen and oxygen atoms in total. The van der Waals surface area contributed by atoms with Crippen LogP contribution in [0.5, 0.6) is 5.75 Å². The van der Waals surface area contributed by atoms with E-state index in [-0.39, 0.29) is 12.0 Å². The Hall–Kier alpha value is -2.27. The third kappa shape index (κ3) is 3.89. The second kappa shape index (κ2) is 7.13. The quantitative estimate of drug-likeness (QED) is 0.891. The lowest BCUT2D eigenvalue weighted by atomic mass is 10.2. The number of hydrogen-bond donors (Lipinski definition) is 1. The van der Waals surface area contributed by atoms with E-state index in [4.69, 9.17) is 13.9 Å². The van der Waals surface area contributed by atoms with Crippen molar-refractivity contribution in [3.63, 3.8) is 0 Å². The lowest BCUT2D eigenvalue weighted by molar-refractivity contribution is 0.0679. The molecule has 5 heteroatoms. The Morgan fingerprint density at radius 3 is 2.82 bits per heavy atom. The van der Waals surface area contributed by atoms with E-state index in [1.807, 2.05) is 6.07 Å². The van der Waals surface area contributed by atoms with Crippen LogP contribution in [-0.2, 0) is 11.3 Å². The molecule has 0 saturated carbocycles. The minimum Gasteiger partial charge on any atom is -0.491 e.